The minimum absolute atomic E-state index is 0.0132. The molecule has 0 amide bonds. The molecule has 0 radical (unpaired) electrons. The van der Waals surface area contributed by atoms with Gasteiger partial charge in [-0.1, -0.05) is 30.8 Å². The summed E-state index contributed by atoms with van der Waals surface area (Å²) >= 11 is 2.89. The normalized spacial score (nSPS) is 10.5. The first-order valence-corrected chi connectivity index (χ1v) is 18.6. The molecule has 290 valence electrons. The molecule has 0 aliphatic rings. The highest BCUT2D eigenvalue weighted by Crippen LogP contribution is 2.35. The van der Waals surface area contributed by atoms with E-state index >= 15 is 0 Å². The Morgan fingerprint density at radius 1 is 0.648 bits per heavy atom. The molecule has 0 unspecified atom stereocenters. The van der Waals surface area contributed by atoms with Crippen molar-refractivity contribution in [3.63, 3.8) is 0 Å². The van der Waals surface area contributed by atoms with E-state index in [-0.39, 0.29) is 91.2 Å². The quantitative estimate of drug-likeness (QED) is 0.0156. The zero-order chi connectivity index (χ0) is 39.6. The Morgan fingerprint density at radius 3 is 1.54 bits per heavy atom. The summed E-state index contributed by atoms with van der Waals surface area (Å²) in [6.07, 6.45) is -0.129. The lowest BCUT2D eigenvalue weighted by molar-refractivity contribution is 0.0988. The van der Waals surface area contributed by atoms with E-state index in [1.165, 1.54) is 35.7 Å². The van der Waals surface area contributed by atoms with Crippen LogP contribution in [0.3, 0.4) is 0 Å². The molecule has 0 spiro atoms. The van der Waals surface area contributed by atoms with Crippen LogP contribution < -0.4 is 66.4 Å². The van der Waals surface area contributed by atoms with Gasteiger partial charge in [-0.05, 0) is 29.3 Å². The van der Waals surface area contributed by atoms with Crippen molar-refractivity contribution in [3.8, 4) is 11.5 Å². The fourth-order valence-electron chi connectivity index (χ4n) is 4.96. The highest BCUT2D eigenvalue weighted by Gasteiger charge is 2.24. The maximum atomic E-state index is 14.2. The molecule has 0 heterocycles. The van der Waals surface area contributed by atoms with Gasteiger partial charge in [-0.3, -0.25) is 24.6 Å². The van der Waals surface area contributed by atoms with Crippen LogP contribution in [0.4, 0.5) is 11.4 Å². The van der Waals surface area contributed by atoms with Crippen LogP contribution in [-0.4, -0.2) is 80.3 Å². The molecule has 3 aromatic rings. The fourth-order valence-corrected chi connectivity index (χ4v) is 6.88. The Labute approximate surface area is 322 Å². The number of anilines is 2. The number of nitrogens with one attached hydrogen (secondary N) is 1. The molecule has 19 heteroatoms. The van der Waals surface area contributed by atoms with Gasteiger partial charge in [0, 0.05) is 58.1 Å². The highest BCUT2D eigenvalue weighted by molar-refractivity contribution is 7.99. The predicted octanol–water partition coefficient (Wildman–Crippen LogP) is 0.483. The number of guanidine groups is 3. The van der Waals surface area contributed by atoms with Crippen LogP contribution in [0.15, 0.2) is 85.7 Å². The van der Waals surface area contributed by atoms with Crippen molar-refractivity contribution < 1.29 is 19.1 Å². The number of Topliss-reactive ketones (excluding diaryl/α,β-unsaturated/α-hetero) is 2. The monoisotopic (exact) mass is 779 g/mol. The number of thioether (sulfide) groups is 2. The molecule has 0 saturated heterocycles. The molecule has 54 heavy (non-hydrogen) atoms. The lowest BCUT2D eigenvalue weighted by Crippen LogP contribution is -2.24. The van der Waals surface area contributed by atoms with Gasteiger partial charge in [0.15, 0.2) is 29.4 Å². The summed E-state index contributed by atoms with van der Waals surface area (Å²) < 4.78 is 12.1. The summed E-state index contributed by atoms with van der Waals surface area (Å²) in [6.45, 7) is 4.78. The summed E-state index contributed by atoms with van der Waals surface area (Å²) in [6, 6.07) is 13.6. The molecule has 0 aliphatic carbocycles. The Bertz CT molecular complexity index is 1870. The van der Waals surface area contributed by atoms with Crippen LogP contribution in [0.2, 0.25) is 0 Å². The molecule has 0 bridgehead atoms. The van der Waals surface area contributed by atoms with E-state index in [4.69, 9.17) is 61.1 Å². The third-order valence-electron chi connectivity index (χ3n) is 7.26. The molecular formula is C35H49N13O4S2. The van der Waals surface area contributed by atoms with Crippen LogP contribution in [0.5, 0.6) is 11.5 Å². The van der Waals surface area contributed by atoms with Crippen molar-refractivity contribution >= 4 is 64.3 Å². The first kappa shape index (κ1) is 42.5. The third kappa shape index (κ3) is 13.9. The minimum Gasteiger partial charge on any atom is -0.491 e. The summed E-state index contributed by atoms with van der Waals surface area (Å²) in [7, 11) is 0. The number of aliphatic imine (C=N–C) groups is 3. The molecule has 0 fully saturated rings. The van der Waals surface area contributed by atoms with Crippen LogP contribution in [0, 0.1) is 0 Å². The van der Waals surface area contributed by atoms with Crippen molar-refractivity contribution in [2.75, 3.05) is 62.4 Å². The van der Waals surface area contributed by atoms with Crippen molar-refractivity contribution in [1.82, 2.24) is 5.32 Å². The second-order valence-electron chi connectivity index (χ2n) is 11.5. The van der Waals surface area contributed by atoms with Gasteiger partial charge in [0.25, 0.3) is 0 Å². The second-order valence-corrected chi connectivity index (χ2v) is 13.7. The van der Waals surface area contributed by atoms with Gasteiger partial charge < -0.3 is 66.4 Å². The zero-order valence-corrected chi connectivity index (χ0v) is 31.5. The van der Waals surface area contributed by atoms with Gasteiger partial charge in [0.05, 0.1) is 36.6 Å². The molecule has 17 nitrogen and oxygen atoms in total. The maximum Gasteiger partial charge on any atom is 0.186 e. The topological polar surface area (TPSA) is 336 Å². The molecule has 0 aromatic heterocycles. The standard InChI is InChI=1S/C35H49N13O4S2/c1-20(36)45-10-14-53-31-21(4-2-6-25(31)37)16-27(49)23-18-24(28(50)17-22-5-3-7-26(38)32(22)54-15-11-48-35(43)44)30(52-13-9-47-34(41)42)19-29(23)51-12-8-46-33(39)40/h2-7,18-19,45H,1,8-17,36-38H2,(H4,39,40,46)(H4,41,42,47)(H4,43,44,48). The highest BCUT2D eigenvalue weighted by atomic mass is 32.2. The third-order valence-corrected chi connectivity index (χ3v) is 9.63. The first-order chi connectivity index (χ1) is 25.8. The Morgan fingerprint density at radius 2 is 1.09 bits per heavy atom. The van der Waals surface area contributed by atoms with Crippen LogP contribution in [0.25, 0.3) is 0 Å². The van der Waals surface area contributed by atoms with Gasteiger partial charge in [-0.25, -0.2) is 0 Å². The number of benzene rings is 3. The maximum absolute atomic E-state index is 14.2. The smallest absolute Gasteiger partial charge is 0.186 e. The van der Waals surface area contributed by atoms with Gasteiger partial charge in [0.2, 0.25) is 0 Å². The van der Waals surface area contributed by atoms with Gasteiger partial charge >= 0.3 is 0 Å². The number of carbonyl (C=O) groups excluding carboxylic acids is 2. The number of ether oxygens (including phenoxy) is 2. The molecule has 0 atom stereocenters. The average Bonchev–Trinajstić information content (AvgIpc) is 3.10. The Balaban J connectivity index is 2.07. The van der Waals surface area contributed by atoms with E-state index in [1.807, 2.05) is 12.1 Å². The number of nitrogens with two attached hydrogens (primary N) is 9. The molecule has 3 aromatic carbocycles. The first-order valence-electron chi connectivity index (χ1n) is 16.6. The number of nitrogen functional groups attached to an aromatic ring is 2. The SMILES string of the molecule is C=C(N)NCCSc1c(N)cccc1CC(=O)c1cc(C(=O)Cc2cccc(N)c2SCCN=C(N)N)c(OCCN=C(N)N)cc1OCCN=C(N)N. The summed E-state index contributed by atoms with van der Waals surface area (Å²) in [5, 5.41) is 2.97. The number of ketones is 2. The number of nitrogens with zero attached hydrogens (tertiary/aromatic N) is 3. The number of hydrogen-bond donors (Lipinski definition) is 10. The van der Waals surface area contributed by atoms with E-state index < -0.39 is 0 Å². The minimum atomic E-state index is -0.348. The Hall–Kier alpha value is -5.95. The van der Waals surface area contributed by atoms with Crippen LogP contribution in [0.1, 0.15) is 31.8 Å². The molecule has 0 saturated carbocycles. The summed E-state index contributed by atoms with van der Waals surface area (Å²) in [5.41, 5.74) is 53.9. The summed E-state index contributed by atoms with van der Waals surface area (Å²) in [4.78, 5) is 41.9. The van der Waals surface area contributed by atoms with Gasteiger partial charge in [0.1, 0.15) is 24.7 Å². The van der Waals surface area contributed by atoms with E-state index in [9.17, 15) is 9.59 Å². The van der Waals surface area contributed by atoms with Crippen molar-refractivity contribution in [2.24, 2.45) is 55.1 Å². The van der Waals surface area contributed by atoms with Crippen LogP contribution >= 0.6 is 23.5 Å². The number of hydrogen-bond acceptors (Lipinski definition) is 13. The van der Waals surface area contributed by atoms with Crippen LogP contribution in [-0.2, 0) is 12.8 Å². The van der Waals surface area contributed by atoms with E-state index in [0.29, 0.717) is 57.8 Å². The number of carbonyl (C=O) groups is 2. The van der Waals surface area contributed by atoms with Gasteiger partial charge in [-0.15, -0.1) is 23.5 Å². The fraction of sp³-hybridized carbons (Fsp3) is 0.286. The molecule has 0 aliphatic heterocycles. The predicted molar refractivity (Wildman–Crippen MR) is 220 cm³/mol. The molecule has 3 rings (SSSR count). The average molecular weight is 780 g/mol. The lowest BCUT2D eigenvalue weighted by atomic mass is 9.95. The van der Waals surface area contributed by atoms with E-state index in [2.05, 4.69) is 26.9 Å². The summed E-state index contributed by atoms with van der Waals surface area (Å²) in [5.74, 6) is 0.828. The van der Waals surface area contributed by atoms with Crippen molar-refractivity contribution in [1.29, 1.82) is 0 Å². The largest absolute Gasteiger partial charge is 0.491 e. The van der Waals surface area contributed by atoms with Gasteiger partial charge in [-0.2, -0.15) is 0 Å². The molecule has 19 N–H and O–H groups in total. The van der Waals surface area contributed by atoms with Crippen molar-refractivity contribution in [3.05, 3.63) is 83.2 Å². The zero-order valence-electron chi connectivity index (χ0n) is 29.9. The lowest BCUT2D eigenvalue weighted by Gasteiger charge is -2.18. The molecular weight excluding hydrogens is 731 g/mol. The van der Waals surface area contributed by atoms with E-state index in [0.717, 1.165) is 4.90 Å². The number of rotatable bonds is 23. The van der Waals surface area contributed by atoms with Crippen molar-refractivity contribution in [2.45, 2.75) is 22.6 Å². The Kier molecular flexibility index (Phi) is 16.9. The second kappa shape index (κ2) is 21.5. The van der Waals surface area contributed by atoms with E-state index in [1.54, 1.807) is 24.3 Å².